The van der Waals surface area contributed by atoms with Crippen LogP contribution in [0.3, 0.4) is 0 Å². The number of hydrogen-bond acceptors (Lipinski definition) is 3. The molecule has 0 aliphatic carbocycles. The third kappa shape index (κ3) is 2.01. The second kappa shape index (κ2) is 3.75. The minimum Gasteiger partial charge on any atom is -0.480 e. The lowest BCUT2D eigenvalue weighted by atomic mass is 9.98. The molecule has 0 aromatic carbocycles. The van der Waals surface area contributed by atoms with E-state index in [0.717, 1.165) is 4.31 Å². The maximum atomic E-state index is 11.7. The molecule has 0 spiro atoms. The SMILES string of the molecule is CCC(C)(C(=O)O)N1CC(C)CS1(=O)=O. The number of hydrogen-bond donors (Lipinski definition) is 1. The van der Waals surface area contributed by atoms with Crippen LogP contribution in [0.1, 0.15) is 27.2 Å². The second-order valence-electron chi connectivity index (χ2n) is 4.35. The first-order chi connectivity index (χ1) is 6.74. The highest BCUT2D eigenvalue weighted by atomic mass is 32.2. The number of carboxylic acid groups (broad SMARTS) is 1. The Bertz CT molecular complexity index is 364. The summed E-state index contributed by atoms with van der Waals surface area (Å²) in [4.78, 5) is 11.1. The van der Waals surface area contributed by atoms with Gasteiger partial charge in [0.15, 0.2) is 0 Å². The second-order valence-corrected chi connectivity index (χ2v) is 6.29. The largest absolute Gasteiger partial charge is 0.480 e. The van der Waals surface area contributed by atoms with Gasteiger partial charge in [-0.15, -0.1) is 0 Å². The number of sulfonamides is 1. The van der Waals surface area contributed by atoms with Gasteiger partial charge in [0.05, 0.1) is 5.75 Å². The van der Waals surface area contributed by atoms with Gasteiger partial charge in [0.2, 0.25) is 10.0 Å². The van der Waals surface area contributed by atoms with E-state index in [1.807, 2.05) is 6.92 Å². The predicted octanol–water partition coefficient (Wildman–Crippen LogP) is 0.521. The molecule has 2 unspecified atom stereocenters. The van der Waals surface area contributed by atoms with Crippen LogP contribution in [0.15, 0.2) is 0 Å². The maximum Gasteiger partial charge on any atom is 0.324 e. The third-order valence-electron chi connectivity index (χ3n) is 3.01. The highest BCUT2D eigenvalue weighted by Gasteiger charge is 2.48. The number of rotatable bonds is 3. The van der Waals surface area contributed by atoms with E-state index in [1.165, 1.54) is 6.92 Å². The van der Waals surface area contributed by atoms with Crippen LogP contribution >= 0.6 is 0 Å². The van der Waals surface area contributed by atoms with Gasteiger partial charge in [0.1, 0.15) is 5.54 Å². The number of carboxylic acids is 1. The van der Waals surface area contributed by atoms with Gasteiger partial charge in [0, 0.05) is 6.54 Å². The summed E-state index contributed by atoms with van der Waals surface area (Å²) in [6.07, 6.45) is 0.272. The summed E-state index contributed by atoms with van der Waals surface area (Å²) in [5.74, 6) is -1.03. The van der Waals surface area contributed by atoms with E-state index in [9.17, 15) is 13.2 Å². The average molecular weight is 235 g/mol. The first-order valence-corrected chi connectivity index (χ1v) is 6.59. The Morgan fingerprint density at radius 3 is 2.40 bits per heavy atom. The third-order valence-corrected chi connectivity index (χ3v) is 5.22. The van der Waals surface area contributed by atoms with Crippen LogP contribution in [0.4, 0.5) is 0 Å². The standard InChI is InChI=1S/C9H17NO4S/c1-4-9(3,8(11)12)10-5-7(2)6-15(10,13)14/h7H,4-6H2,1-3H3,(H,11,12). The molecule has 6 heteroatoms. The van der Waals surface area contributed by atoms with E-state index in [4.69, 9.17) is 5.11 Å². The van der Waals surface area contributed by atoms with E-state index in [1.54, 1.807) is 6.92 Å². The first kappa shape index (κ1) is 12.4. The Labute approximate surface area is 90.1 Å². The average Bonchev–Trinajstić information content (AvgIpc) is 2.38. The molecule has 1 fully saturated rings. The molecule has 1 N–H and O–H groups in total. The Morgan fingerprint density at radius 1 is 1.60 bits per heavy atom. The van der Waals surface area contributed by atoms with Gasteiger partial charge in [-0.2, -0.15) is 4.31 Å². The quantitative estimate of drug-likeness (QED) is 0.774. The zero-order valence-electron chi connectivity index (χ0n) is 9.23. The molecule has 1 aliphatic heterocycles. The summed E-state index contributed by atoms with van der Waals surface area (Å²) in [6.45, 7) is 5.27. The molecule has 0 aromatic rings. The molecule has 0 bridgehead atoms. The van der Waals surface area contributed by atoms with E-state index >= 15 is 0 Å². The summed E-state index contributed by atoms with van der Waals surface area (Å²) in [6, 6.07) is 0. The Morgan fingerprint density at radius 2 is 2.13 bits per heavy atom. The van der Waals surface area contributed by atoms with Crippen molar-refractivity contribution >= 4 is 16.0 Å². The lowest BCUT2D eigenvalue weighted by molar-refractivity contribution is -0.147. The molecule has 1 rings (SSSR count). The van der Waals surface area contributed by atoms with Crippen LogP contribution in [-0.4, -0.2) is 41.6 Å². The van der Waals surface area contributed by atoms with Crippen LogP contribution in [-0.2, 0) is 14.8 Å². The molecule has 0 radical (unpaired) electrons. The van der Waals surface area contributed by atoms with Gasteiger partial charge in [-0.25, -0.2) is 8.42 Å². The predicted molar refractivity (Wildman–Crippen MR) is 56.0 cm³/mol. The molecule has 0 aromatic heterocycles. The smallest absolute Gasteiger partial charge is 0.324 e. The zero-order valence-corrected chi connectivity index (χ0v) is 10.0. The summed E-state index contributed by atoms with van der Waals surface area (Å²) < 4.78 is 24.6. The van der Waals surface area contributed by atoms with Crippen LogP contribution in [0.25, 0.3) is 0 Å². The number of aliphatic carboxylic acids is 1. The van der Waals surface area contributed by atoms with Crippen molar-refractivity contribution in [2.75, 3.05) is 12.3 Å². The van der Waals surface area contributed by atoms with Gasteiger partial charge >= 0.3 is 5.97 Å². The van der Waals surface area contributed by atoms with E-state index < -0.39 is 21.5 Å². The molecule has 1 heterocycles. The topological polar surface area (TPSA) is 74.7 Å². The van der Waals surface area contributed by atoms with Crippen molar-refractivity contribution in [1.29, 1.82) is 0 Å². The summed E-state index contributed by atoms with van der Waals surface area (Å²) in [5.41, 5.74) is -1.30. The summed E-state index contributed by atoms with van der Waals surface area (Å²) in [5, 5.41) is 9.11. The normalized spacial score (nSPS) is 29.9. The Hall–Kier alpha value is -0.620. The molecular weight excluding hydrogens is 218 g/mol. The molecule has 1 aliphatic rings. The summed E-state index contributed by atoms with van der Waals surface area (Å²) >= 11 is 0. The van der Waals surface area contributed by atoms with E-state index in [0.29, 0.717) is 6.54 Å². The van der Waals surface area contributed by atoms with Crippen molar-refractivity contribution in [3.05, 3.63) is 0 Å². The molecule has 0 saturated carbocycles. The van der Waals surface area contributed by atoms with Gasteiger partial charge in [-0.3, -0.25) is 4.79 Å². The van der Waals surface area contributed by atoms with Crippen LogP contribution in [0.2, 0.25) is 0 Å². The van der Waals surface area contributed by atoms with Crippen molar-refractivity contribution < 1.29 is 18.3 Å². The van der Waals surface area contributed by atoms with E-state index in [2.05, 4.69) is 0 Å². The number of carbonyl (C=O) groups is 1. The molecule has 2 atom stereocenters. The molecule has 1 saturated heterocycles. The fourth-order valence-electron chi connectivity index (χ4n) is 1.84. The van der Waals surface area contributed by atoms with Gasteiger partial charge < -0.3 is 5.11 Å². The Kier molecular flexibility index (Phi) is 3.11. The van der Waals surface area contributed by atoms with Crippen molar-refractivity contribution in [3.63, 3.8) is 0 Å². The van der Waals surface area contributed by atoms with Crippen molar-refractivity contribution in [3.8, 4) is 0 Å². The highest BCUT2D eigenvalue weighted by Crippen LogP contribution is 2.30. The van der Waals surface area contributed by atoms with Crippen molar-refractivity contribution in [2.45, 2.75) is 32.7 Å². The van der Waals surface area contributed by atoms with Crippen molar-refractivity contribution in [1.82, 2.24) is 4.31 Å². The van der Waals surface area contributed by atoms with Gasteiger partial charge in [-0.05, 0) is 19.3 Å². The van der Waals surface area contributed by atoms with Crippen LogP contribution in [0.5, 0.6) is 0 Å². The molecule has 0 amide bonds. The van der Waals surface area contributed by atoms with Crippen molar-refractivity contribution in [2.24, 2.45) is 5.92 Å². The summed E-state index contributed by atoms with van der Waals surface area (Å²) in [7, 11) is -3.40. The lowest BCUT2D eigenvalue weighted by Crippen LogP contribution is -2.52. The minimum absolute atomic E-state index is 0.000208. The first-order valence-electron chi connectivity index (χ1n) is 4.98. The Balaban J connectivity index is 3.12. The fraction of sp³-hybridized carbons (Fsp3) is 0.889. The fourth-order valence-corrected chi connectivity index (χ4v) is 4.15. The zero-order chi connectivity index (χ0) is 11.9. The molecular formula is C9H17NO4S. The van der Waals surface area contributed by atoms with Crippen LogP contribution in [0, 0.1) is 5.92 Å². The number of nitrogens with zero attached hydrogens (tertiary/aromatic N) is 1. The molecule has 5 nitrogen and oxygen atoms in total. The van der Waals surface area contributed by atoms with E-state index in [-0.39, 0.29) is 18.1 Å². The monoisotopic (exact) mass is 235 g/mol. The minimum atomic E-state index is -3.40. The van der Waals surface area contributed by atoms with Crippen LogP contribution < -0.4 is 0 Å². The maximum absolute atomic E-state index is 11.7. The molecule has 15 heavy (non-hydrogen) atoms. The van der Waals surface area contributed by atoms with Gasteiger partial charge in [-0.1, -0.05) is 13.8 Å². The highest BCUT2D eigenvalue weighted by molar-refractivity contribution is 7.89. The lowest BCUT2D eigenvalue weighted by Gasteiger charge is -2.32. The van der Waals surface area contributed by atoms with Gasteiger partial charge in [0.25, 0.3) is 0 Å². The molecule has 88 valence electrons.